The third-order valence-corrected chi connectivity index (χ3v) is 2.82. The van der Waals surface area contributed by atoms with Crippen LogP contribution in [0.5, 0.6) is 0 Å². The van der Waals surface area contributed by atoms with E-state index in [2.05, 4.69) is 4.57 Å². The van der Waals surface area contributed by atoms with Gasteiger partial charge >= 0.3 is 0 Å². The highest BCUT2D eigenvalue weighted by molar-refractivity contribution is 4.85. The van der Waals surface area contributed by atoms with Crippen molar-refractivity contribution in [2.24, 2.45) is 0 Å². The van der Waals surface area contributed by atoms with E-state index >= 15 is 0 Å². The Balaban J connectivity index is 2.15. The zero-order chi connectivity index (χ0) is 9.10. The van der Waals surface area contributed by atoms with Crippen LogP contribution >= 0.6 is 0 Å². The summed E-state index contributed by atoms with van der Waals surface area (Å²) in [6.07, 6.45) is 8.40. The minimum Gasteiger partial charge on any atom is -0.386 e. The summed E-state index contributed by atoms with van der Waals surface area (Å²) in [5.41, 5.74) is 0. The van der Waals surface area contributed by atoms with Gasteiger partial charge in [0.2, 0.25) is 0 Å². The topological polar surface area (TPSA) is 24.1 Å². The second kappa shape index (κ2) is 3.88. The van der Waals surface area contributed by atoms with Crippen molar-refractivity contribution in [1.29, 1.82) is 0 Å². The summed E-state index contributed by atoms with van der Waals surface area (Å²) in [5, 5.41) is 9.80. The van der Waals surface area contributed by atoms with Gasteiger partial charge in [-0.1, -0.05) is 12.5 Å². The maximum Gasteiger partial charge on any atom is 0.183 e. The second-order valence-electron chi connectivity index (χ2n) is 3.74. The molecule has 70 valence electrons. The lowest BCUT2D eigenvalue weighted by molar-refractivity contribution is -0.732. The van der Waals surface area contributed by atoms with Crippen LogP contribution in [-0.2, 0) is 0 Å². The molecule has 1 heterocycles. The molecule has 1 aliphatic carbocycles. The zero-order valence-electron chi connectivity index (χ0n) is 7.76. The van der Waals surface area contributed by atoms with Gasteiger partial charge in [0.05, 0.1) is 0 Å². The number of aliphatic hydroxyl groups is 1. The van der Waals surface area contributed by atoms with Gasteiger partial charge in [0.25, 0.3) is 0 Å². The van der Waals surface area contributed by atoms with Crippen molar-refractivity contribution >= 4 is 0 Å². The maximum absolute atomic E-state index is 9.80. The SMILES string of the molecule is O[C@@H]1CCCC[C@H]1[n+]1ccccc1. The third kappa shape index (κ3) is 1.89. The lowest BCUT2D eigenvalue weighted by atomic mass is 9.92. The number of nitrogens with zero attached hydrogens (tertiary/aromatic N) is 1. The first-order chi connectivity index (χ1) is 6.38. The standard InChI is InChI=1S/C11H16NO/c13-11-7-3-2-6-10(11)12-8-4-1-5-9-12/h1,4-5,8-11,13H,2-3,6-7H2/q+1/t10-,11-/m1/s1. The third-order valence-electron chi connectivity index (χ3n) is 2.82. The molecule has 2 atom stereocenters. The smallest absolute Gasteiger partial charge is 0.183 e. The quantitative estimate of drug-likeness (QED) is 0.647. The van der Waals surface area contributed by atoms with E-state index in [0.29, 0.717) is 6.04 Å². The van der Waals surface area contributed by atoms with Crippen LogP contribution in [-0.4, -0.2) is 11.2 Å². The Bertz CT molecular complexity index is 260. The molecule has 1 N–H and O–H groups in total. The molecule has 0 unspecified atom stereocenters. The van der Waals surface area contributed by atoms with Crippen LogP contribution in [0.4, 0.5) is 0 Å². The van der Waals surface area contributed by atoms with E-state index in [0.717, 1.165) is 12.8 Å². The van der Waals surface area contributed by atoms with Crippen LogP contribution in [0.15, 0.2) is 30.6 Å². The fourth-order valence-corrected chi connectivity index (χ4v) is 2.07. The molecule has 1 saturated carbocycles. The predicted octanol–water partition coefficient (Wildman–Crippen LogP) is 1.45. The van der Waals surface area contributed by atoms with E-state index in [9.17, 15) is 5.11 Å². The Hall–Kier alpha value is -0.890. The highest BCUT2D eigenvalue weighted by atomic mass is 16.3. The largest absolute Gasteiger partial charge is 0.386 e. The van der Waals surface area contributed by atoms with Crippen LogP contribution in [0.1, 0.15) is 31.7 Å². The van der Waals surface area contributed by atoms with Crippen molar-refractivity contribution in [3.63, 3.8) is 0 Å². The average Bonchev–Trinajstić information content (AvgIpc) is 2.20. The Morgan fingerprint density at radius 2 is 1.69 bits per heavy atom. The number of pyridine rings is 1. The van der Waals surface area contributed by atoms with Gasteiger partial charge in [-0.25, -0.2) is 0 Å². The van der Waals surface area contributed by atoms with Crippen LogP contribution in [0.2, 0.25) is 0 Å². The van der Waals surface area contributed by atoms with E-state index in [-0.39, 0.29) is 6.10 Å². The Labute approximate surface area is 78.8 Å². The fraction of sp³-hybridized carbons (Fsp3) is 0.545. The number of aromatic nitrogens is 1. The minimum absolute atomic E-state index is 0.152. The molecule has 0 spiro atoms. The zero-order valence-corrected chi connectivity index (χ0v) is 7.76. The first-order valence-electron chi connectivity index (χ1n) is 5.02. The van der Waals surface area contributed by atoms with Gasteiger partial charge in [-0.15, -0.1) is 0 Å². The van der Waals surface area contributed by atoms with Crippen LogP contribution in [0.25, 0.3) is 0 Å². The van der Waals surface area contributed by atoms with E-state index in [1.165, 1.54) is 12.8 Å². The molecule has 2 nitrogen and oxygen atoms in total. The first-order valence-corrected chi connectivity index (χ1v) is 5.02. The van der Waals surface area contributed by atoms with E-state index in [1.54, 1.807) is 0 Å². The molecule has 0 aromatic carbocycles. The van der Waals surface area contributed by atoms with Crippen molar-refractivity contribution in [3.8, 4) is 0 Å². The first kappa shape index (κ1) is 8.70. The van der Waals surface area contributed by atoms with Crippen LogP contribution < -0.4 is 4.57 Å². The summed E-state index contributed by atoms with van der Waals surface area (Å²) in [5.74, 6) is 0. The molecular weight excluding hydrogens is 162 g/mol. The number of aliphatic hydroxyl groups excluding tert-OH is 1. The molecule has 0 radical (unpaired) electrons. The Morgan fingerprint density at radius 1 is 1.00 bits per heavy atom. The highest BCUT2D eigenvalue weighted by Crippen LogP contribution is 2.23. The van der Waals surface area contributed by atoms with Crippen molar-refractivity contribution < 1.29 is 9.67 Å². The summed E-state index contributed by atoms with van der Waals surface area (Å²) < 4.78 is 2.13. The van der Waals surface area contributed by atoms with Crippen LogP contribution in [0, 0.1) is 0 Å². The Kier molecular flexibility index (Phi) is 2.60. The van der Waals surface area contributed by atoms with Gasteiger partial charge in [-0.3, -0.25) is 0 Å². The average molecular weight is 178 g/mol. The Morgan fingerprint density at radius 3 is 2.38 bits per heavy atom. The van der Waals surface area contributed by atoms with E-state index in [1.807, 2.05) is 30.6 Å². The van der Waals surface area contributed by atoms with E-state index < -0.39 is 0 Å². The number of hydrogen-bond acceptors (Lipinski definition) is 1. The maximum atomic E-state index is 9.80. The van der Waals surface area contributed by atoms with Crippen molar-refractivity contribution in [2.45, 2.75) is 37.8 Å². The molecular formula is C11H16NO+. The van der Waals surface area contributed by atoms with E-state index in [4.69, 9.17) is 0 Å². The molecule has 0 aliphatic heterocycles. The summed E-state index contributed by atoms with van der Waals surface area (Å²) in [7, 11) is 0. The van der Waals surface area contributed by atoms with Crippen molar-refractivity contribution in [3.05, 3.63) is 30.6 Å². The van der Waals surface area contributed by atoms with Gasteiger partial charge in [-0.2, -0.15) is 4.57 Å². The summed E-state index contributed by atoms with van der Waals surface area (Å²) in [4.78, 5) is 0. The molecule has 1 aliphatic rings. The molecule has 1 fully saturated rings. The lowest BCUT2D eigenvalue weighted by Crippen LogP contribution is -2.46. The fourth-order valence-electron chi connectivity index (χ4n) is 2.07. The molecule has 1 aromatic rings. The molecule has 2 heteroatoms. The molecule has 2 rings (SSSR count). The summed E-state index contributed by atoms with van der Waals surface area (Å²) in [6.45, 7) is 0. The minimum atomic E-state index is -0.152. The summed E-state index contributed by atoms with van der Waals surface area (Å²) in [6, 6.07) is 6.34. The van der Waals surface area contributed by atoms with Gasteiger partial charge < -0.3 is 5.11 Å². The van der Waals surface area contributed by atoms with Crippen molar-refractivity contribution in [1.82, 2.24) is 0 Å². The van der Waals surface area contributed by atoms with Crippen molar-refractivity contribution in [2.75, 3.05) is 0 Å². The van der Waals surface area contributed by atoms with Gasteiger partial charge in [0, 0.05) is 18.6 Å². The molecule has 0 amide bonds. The highest BCUT2D eigenvalue weighted by Gasteiger charge is 2.29. The monoisotopic (exact) mass is 178 g/mol. The summed E-state index contributed by atoms with van der Waals surface area (Å²) >= 11 is 0. The van der Waals surface area contributed by atoms with Gasteiger partial charge in [0.15, 0.2) is 18.4 Å². The van der Waals surface area contributed by atoms with Gasteiger partial charge in [-0.05, 0) is 12.8 Å². The lowest BCUT2D eigenvalue weighted by Gasteiger charge is -2.22. The van der Waals surface area contributed by atoms with Crippen LogP contribution in [0.3, 0.4) is 0 Å². The van der Waals surface area contributed by atoms with Gasteiger partial charge in [0.1, 0.15) is 6.10 Å². The second-order valence-corrected chi connectivity index (χ2v) is 3.74. The normalized spacial score (nSPS) is 28.7. The molecule has 0 saturated heterocycles. The predicted molar refractivity (Wildman–Crippen MR) is 50.1 cm³/mol. The molecule has 0 bridgehead atoms. The molecule has 13 heavy (non-hydrogen) atoms. The number of rotatable bonds is 1. The molecule has 1 aromatic heterocycles. The number of hydrogen-bond donors (Lipinski definition) is 1.